The molecule has 0 nitrogen and oxygen atoms in total. The Bertz CT molecular complexity index is 1340. The highest BCUT2D eigenvalue weighted by Crippen LogP contribution is 2.39. The standard InChI is InChI=1S/C31H24F6/c32-30(33,34)28-17-27(18-29(19-28)31(35,36)37)24-13-11-23(12-14-24)26-6-2-5-25(16-26)22-9-7-21(8-10-22)15-20-3-1-4-20/h2,5-14,16-20H,1,3-4,15H2. The van der Waals surface area contributed by atoms with Crippen LogP contribution in [0.2, 0.25) is 0 Å². The zero-order valence-corrected chi connectivity index (χ0v) is 19.8. The van der Waals surface area contributed by atoms with Gasteiger partial charge in [-0.2, -0.15) is 26.3 Å². The largest absolute Gasteiger partial charge is 0.416 e. The van der Waals surface area contributed by atoms with E-state index >= 15 is 0 Å². The van der Waals surface area contributed by atoms with E-state index in [4.69, 9.17) is 0 Å². The summed E-state index contributed by atoms with van der Waals surface area (Å²) in [6, 6.07) is 24.6. The molecule has 0 unspecified atom stereocenters. The summed E-state index contributed by atoms with van der Waals surface area (Å²) in [7, 11) is 0. The van der Waals surface area contributed by atoms with Gasteiger partial charge in [-0.05, 0) is 75.5 Å². The van der Waals surface area contributed by atoms with Gasteiger partial charge in [0.2, 0.25) is 0 Å². The van der Waals surface area contributed by atoms with Crippen molar-refractivity contribution in [3.05, 3.63) is 108 Å². The summed E-state index contributed by atoms with van der Waals surface area (Å²) in [6.07, 6.45) is -4.72. The first-order valence-electron chi connectivity index (χ1n) is 12.2. The molecule has 0 radical (unpaired) electrons. The maximum atomic E-state index is 13.2. The third kappa shape index (κ3) is 5.74. The van der Waals surface area contributed by atoms with E-state index in [1.165, 1.54) is 24.8 Å². The topological polar surface area (TPSA) is 0 Å². The average Bonchev–Trinajstić information content (AvgIpc) is 2.85. The van der Waals surface area contributed by atoms with Crippen LogP contribution in [-0.4, -0.2) is 0 Å². The van der Waals surface area contributed by atoms with Crippen molar-refractivity contribution in [2.45, 2.75) is 38.0 Å². The minimum Gasteiger partial charge on any atom is -0.166 e. The van der Waals surface area contributed by atoms with Gasteiger partial charge in [-0.3, -0.25) is 0 Å². The molecule has 0 spiro atoms. The van der Waals surface area contributed by atoms with E-state index in [0.29, 0.717) is 0 Å². The maximum absolute atomic E-state index is 13.2. The van der Waals surface area contributed by atoms with Crippen LogP contribution in [0, 0.1) is 5.92 Å². The smallest absolute Gasteiger partial charge is 0.166 e. The van der Waals surface area contributed by atoms with Crippen LogP contribution >= 0.6 is 0 Å². The Kier molecular flexibility index (Phi) is 6.61. The highest BCUT2D eigenvalue weighted by molar-refractivity contribution is 5.75. The maximum Gasteiger partial charge on any atom is 0.416 e. The zero-order valence-electron chi connectivity index (χ0n) is 19.8. The highest BCUT2D eigenvalue weighted by atomic mass is 19.4. The first-order chi connectivity index (χ1) is 17.6. The Labute approximate surface area is 211 Å². The number of hydrogen-bond acceptors (Lipinski definition) is 0. The SMILES string of the molecule is FC(F)(F)c1cc(-c2ccc(-c3cccc(-c4ccc(CC5CCC5)cc4)c3)cc2)cc(C(F)(F)F)c1. The van der Waals surface area contributed by atoms with Crippen molar-refractivity contribution in [2.75, 3.05) is 0 Å². The fourth-order valence-electron chi connectivity index (χ4n) is 4.72. The molecule has 1 fully saturated rings. The molecular formula is C31H24F6. The minimum absolute atomic E-state index is 0.135. The molecule has 6 heteroatoms. The van der Waals surface area contributed by atoms with Gasteiger partial charge in [0.1, 0.15) is 0 Å². The Morgan fingerprint density at radius 3 is 1.41 bits per heavy atom. The van der Waals surface area contributed by atoms with Gasteiger partial charge in [0.15, 0.2) is 0 Å². The molecule has 0 atom stereocenters. The molecule has 1 aliphatic carbocycles. The molecule has 4 aromatic carbocycles. The van der Waals surface area contributed by atoms with Gasteiger partial charge in [0.25, 0.3) is 0 Å². The van der Waals surface area contributed by atoms with Crippen molar-refractivity contribution in [1.82, 2.24) is 0 Å². The molecule has 0 saturated heterocycles. The lowest BCUT2D eigenvalue weighted by molar-refractivity contribution is -0.143. The van der Waals surface area contributed by atoms with Crippen molar-refractivity contribution in [3.8, 4) is 33.4 Å². The quantitative estimate of drug-likeness (QED) is 0.234. The van der Waals surface area contributed by atoms with Crippen LogP contribution in [0.5, 0.6) is 0 Å². The van der Waals surface area contributed by atoms with Crippen LogP contribution in [-0.2, 0) is 18.8 Å². The molecule has 5 rings (SSSR count). The number of rotatable bonds is 5. The predicted molar refractivity (Wildman–Crippen MR) is 134 cm³/mol. The van der Waals surface area contributed by atoms with Gasteiger partial charge in [-0.15, -0.1) is 0 Å². The van der Waals surface area contributed by atoms with Gasteiger partial charge in [-0.25, -0.2) is 0 Å². The molecule has 0 aliphatic heterocycles. The summed E-state index contributed by atoms with van der Waals surface area (Å²) >= 11 is 0. The molecule has 37 heavy (non-hydrogen) atoms. The lowest BCUT2D eigenvalue weighted by Gasteiger charge is -2.25. The van der Waals surface area contributed by atoms with E-state index in [0.717, 1.165) is 46.7 Å². The number of benzene rings is 4. The fraction of sp³-hybridized carbons (Fsp3) is 0.226. The van der Waals surface area contributed by atoms with Crippen molar-refractivity contribution >= 4 is 0 Å². The van der Waals surface area contributed by atoms with E-state index in [9.17, 15) is 26.3 Å². The second kappa shape index (κ2) is 9.73. The van der Waals surface area contributed by atoms with Crippen LogP contribution in [0.25, 0.3) is 33.4 Å². The van der Waals surface area contributed by atoms with Gasteiger partial charge >= 0.3 is 12.4 Å². The van der Waals surface area contributed by atoms with Crippen LogP contribution < -0.4 is 0 Å². The van der Waals surface area contributed by atoms with E-state index < -0.39 is 23.5 Å². The van der Waals surface area contributed by atoms with Gasteiger partial charge in [0, 0.05) is 0 Å². The summed E-state index contributed by atoms with van der Waals surface area (Å²) in [5, 5.41) is 0. The fourth-order valence-corrected chi connectivity index (χ4v) is 4.72. The second-order valence-corrected chi connectivity index (χ2v) is 9.65. The highest BCUT2D eigenvalue weighted by Gasteiger charge is 2.37. The first-order valence-corrected chi connectivity index (χ1v) is 12.2. The Morgan fingerprint density at radius 1 is 0.514 bits per heavy atom. The summed E-state index contributed by atoms with van der Waals surface area (Å²) in [6.45, 7) is 0. The van der Waals surface area contributed by atoms with Crippen molar-refractivity contribution < 1.29 is 26.3 Å². The van der Waals surface area contributed by atoms with Crippen LogP contribution in [0.15, 0.2) is 91.0 Å². The lowest BCUT2D eigenvalue weighted by Crippen LogP contribution is -2.13. The van der Waals surface area contributed by atoms with Crippen molar-refractivity contribution in [2.24, 2.45) is 5.92 Å². The monoisotopic (exact) mass is 510 g/mol. The number of alkyl halides is 6. The molecule has 0 N–H and O–H groups in total. The Hall–Kier alpha value is -3.54. The van der Waals surface area contributed by atoms with Crippen molar-refractivity contribution in [3.63, 3.8) is 0 Å². The normalized spacial score (nSPS) is 14.4. The summed E-state index contributed by atoms with van der Waals surface area (Å²) in [5.41, 5.74) is 2.66. The number of hydrogen-bond donors (Lipinski definition) is 0. The van der Waals surface area contributed by atoms with Gasteiger partial charge < -0.3 is 0 Å². The lowest BCUT2D eigenvalue weighted by atomic mass is 9.81. The molecule has 0 amide bonds. The van der Waals surface area contributed by atoms with E-state index in [-0.39, 0.29) is 17.2 Å². The van der Waals surface area contributed by atoms with E-state index in [1.807, 2.05) is 24.3 Å². The molecule has 1 aliphatic rings. The van der Waals surface area contributed by atoms with Crippen LogP contribution in [0.4, 0.5) is 26.3 Å². The number of halogens is 6. The molecule has 190 valence electrons. The minimum atomic E-state index is -4.88. The van der Waals surface area contributed by atoms with Gasteiger partial charge in [0.05, 0.1) is 11.1 Å². The summed E-state index contributed by atoms with van der Waals surface area (Å²) < 4.78 is 79.5. The summed E-state index contributed by atoms with van der Waals surface area (Å²) in [5.74, 6) is 0.799. The molecule has 4 aromatic rings. The Morgan fingerprint density at radius 2 is 0.973 bits per heavy atom. The van der Waals surface area contributed by atoms with Crippen LogP contribution in [0.3, 0.4) is 0 Å². The Balaban J connectivity index is 1.40. The van der Waals surface area contributed by atoms with Gasteiger partial charge in [-0.1, -0.05) is 86.0 Å². The average molecular weight is 511 g/mol. The molecular weight excluding hydrogens is 486 g/mol. The van der Waals surface area contributed by atoms with Crippen molar-refractivity contribution in [1.29, 1.82) is 0 Å². The first kappa shape index (κ1) is 25.1. The molecule has 0 aromatic heterocycles. The second-order valence-electron chi connectivity index (χ2n) is 9.65. The zero-order chi connectivity index (χ0) is 26.2. The van der Waals surface area contributed by atoms with E-state index in [2.05, 4.69) is 24.3 Å². The van der Waals surface area contributed by atoms with Crippen LogP contribution in [0.1, 0.15) is 36.0 Å². The predicted octanol–water partition coefficient (Wildman–Crippen LogP) is 10.1. The third-order valence-corrected chi connectivity index (χ3v) is 7.04. The molecule has 0 heterocycles. The third-order valence-electron chi connectivity index (χ3n) is 7.04. The summed E-state index contributed by atoms with van der Waals surface area (Å²) in [4.78, 5) is 0. The van der Waals surface area contributed by atoms with E-state index in [1.54, 1.807) is 24.3 Å². The molecule has 0 bridgehead atoms. The molecule has 1 saturated carbocycles.